The Kier molecular flexibility index (Phi) is 4.20. The van der Waals surface area contributed by atoms with E-state index >= 15 is 0 Å². The molecule has 0 radical (unpaired) electrons. The van der Waals surface area contributed by atoms with Crippen molar-refractivity contribution < 1.29 is 4.92 Å². The molecule has 9 heteroatoms. The van der Waals surface area contributed by atoms with Crippen LogP contribution in [0.4, 0.5) is 11.5 Å². The summed E-state index contributed by atoms with van der Waals surface area (Å²) in [6.45, 7) is 3.84. The molecule has 9 nitrogen and oxygen atoms in total. The number of nitro groups is 1. The van der Waals surface area contributed by atoms with Gasteiger partial charge in [0.05, 0.1) is 11.0 Å². The van der Waals surface area contributed by atoms with Gasteiger partial charge in [0.1, 0.15) is 12.0 Å². The Labute approximate surface area is 122 Å². The number of anilines is 1. The third-order valence-corrected chi connectivity index (χ3v) is 3.25. The topological polar surface area (TPSA) is 104 Å². The number of aromatic nitrogens is 5. The van der Waals surface area contributed by atoms with Crippen molar-refractivity contribution >= 4 is 11.5 Å². The van der Waals surface area contributed by atoms with Gasteiger partial charge >= 0.3 is 5.69 Å². The average Bonchev–Trinajstić information content (AvgIpc) is 2.95. The predicted octanol–water partition coefficient (Wildman–Crippen LogP) is 1.58. The number of nitrogens with zero attached hydrogens (tertiary/aromatic N) is 6. The average molecular weight is 293 g/mol. The van der Waals surface area contributed by atoms with Crippen molar-refractivity contribution in [2.75, 3.05) is 5.32 Å². The van der Waals surface area contributed by atoms with Gasteiger partial charge in [0, 0.05) is 14.1 Å². The van der Waals surface area contributed by atoms with Gasteiger partial charge in [-0.25, -0.2) is 4.68 Å². The predicted molar refractivity (Wildman–Crippen MR) is 76.9 cm³/mol. The van der Waals surface area contributed by atoms with Crippen molar-refractivity contribution in [1.29, 1.82) is 0 Å². The molecule has 0 saturated carbocycles. The van der Waals surface area contributed by atoms with Crippen LogP contribution in [0.5, 0.6) is 0 Å². The quantitative estimate of drug-likeness (QED) is 0.640. The van der Waals surface area contributed by atoms with Gasteiger partial charge in [-0.05, 0) is 13.3 Å². The van der Waals surface area contributed by atoms with Crippen LogP contribution in [0.2, 0.25) is 0 Å². The van der Waals surface area contributed by atoms with Gasteiger partial charge in [-0.1, -0.05) is 13.3 Å². The summed E-state index contributed by atoms with van der Waals surface area (Å²) in [5.41, 5.74) is 0.533. The summed E-state index contributed by atoms with van der Waals surface area (Å²) < 4.78 is 3.28. The first-order chi connectivity index (χ1) is 9.95. The van der Waals surface area contributed by atoms with Gasteiger partial charge in [0.25, 0.3) is 0 Å². The Balaban J connectivity index is 2.35. The summed E-state index contributed by atoms with van der Waals surface area (Å²) in [7, 11) is 3.52. The third kappa shape index (κ3) is 2.86. The lowest BCUT2D eigenvalue weighted by Crippen LogP contribution is -2.15. The van der Waals surface area contributed by atoms with Crippen molar-refractivity contribution in [2.24, 2.45) is 14.1 Å². The van der Waals surface area contributed by atoms with E-state index in [2.05, 4.69) is 20.6 Å². The zero-order valence-corrected chi connectivity index (χ0v) is 12.6. The van der Waals surface area contributed by atoms with E-state index in [0.29, 0.717) is 23.8 Å². The molecule has 2 heterocycles. The Morgan fingerprint density at radius 2 is 2.19 bits per heavy atom. The highest BCUT2D eigenvalue weighted by atomic mass is 16.6. The van der Waals surface area contributed by atoms with E-state index < -0.39 is 0 Å². The molecule has 0 aromatic carbocycles. The molecular weight excluding hydrogens is 274 g/mol. The summed E-state index contributed by atoms with van der Waals surface area (Å²) in [6.07, 6.45) is 2.97. The van der Waals surface area contributed by atoms with Crippen LogP contribution in [-0.2, 0) is 20.5 Å². The van der Waals surface area contributed by atoms with E-state index in [1.54, 1.807) is 17.9 Å². The number of nitrogens with one attached hydrogen (secondary N) is 1. The molecule has 0 fully saturated rings. The van der Waals surface area contributed by atoms with E-state index in [4.69, 9.17) is 0 Å². The SMILES string of the molecule is CCCc1nn(C)c(NC(C)c2nncn2C)c1[N+](=O)[O-]. The van der Waals surface area contributed by atoms with Crippen LogP contribution < -0.4 is 5.32 Å². The van der Waals surface area contributed by atoms with E-state index in [9.17, 15) is 10.1 Å². The van der Waals surface area contributed by atoms with Crippen molar-refractivity contribution in [2.45, 2.75) is 32.7 Å². The minimum atomic E-state index is -0.385. The first-order valence-corrected chi connectivity index (χ1v) is 6.76. The van der Waals surface area contributed by atoms with Crippen LogP contribution in [0.1, 0.15) is 37.8 Å². The van der Waals surface area contributed by atoms with Crippen LogP contribution >= 0.6 is 0 Å². The van der Waals surface area contributed by atoms with Crippen LogP contribution in [0.25, 0.3) is 0 Å². The molecule has 2 aromatic heterocycles. The second kappa shape index (κ2) is 5.90. The molecule has 0 spiro atoms. The molecule has 21 heavy (non-hydrogen) atoms. The van der Waals surface area contributed by atoms with Crippen LogP contribution in [0.3, 0.4) is 0 Å². The summed E-state index contributed by atoms with van der Waals surface area (Å²) in [5.74, 6) is 1.08. The Hall–Kier alpha value is -2.45. The molecule has 0 amide bonds. The number of rotatable bonds is 6. The Bertz CT molecular complexity index is 646. The van der Waals surface area contributed by atoms with Crippen LogP contribution in [0, 0.1) is 10.1 Å². The van der Waals surface area contributed by atoms with Crippen LogP contribution in [0.15, 0.2) is 6.33 Å². The summed E-state index contributed by atoms with van der Waals surface area (Å²) in [6, 6.07) is -0.221. The van der Waals surface area contributed by atoms with Gasteiger partial charge < -0.3 is 9.88 Å². The van der Waals surface area contributed by atoms with Gasteiger partial charge in [-0.15, -0.1) is 10.2 Å². The summed E-state index contributed by atoms with van der Waals surface area (Å²) >= 11 is 0. The first-order valence-electron chi connectivity index (χ1n) is 6.76. The second-order valence-electron chi connectivity index (χ2n) is 4.94. The highest BCUT2D eigenvalue weighted by molar-refractivity contribution is 5.60. The lowest BCUT2D eigenvalue weighted by molar-refractivity contribution is -0.384. The zero-order chi connectivity index (χ0) is 15.6. The molecule has 1 unspecified atom stereocenters. The van der Waals surface area contributed by atoms with Gasteiger partial charge in [0.2, 0.25) is 5.82 Å². The normalized spacial score (nSPS) is 12.4. The molecule has 114 valence electrons. The number of hydrogen-bond acceptors (Lipinski definition) is 6. The third-order valence-electron chi connectivity index (χ3n) is 3.25. The lowest BCUT2D eigenvalue weighted by Gasteiger charge is -2.13. The molecule has 0 saturated heterocycles. The minimum Gasteiger partial charge on any atom is -0.355 e. The summed E-state index contributed by atoms with van der Waals surface area (Å²) in [4.78, 5) is 11.0. The monoisotopic (exact) mass is 293 g/mol. The number of aryl methyl sites for hydroxylation is 3. The molecule has 2 rings (SSSR count). The molecule has 0 aliphatic rings. The Morgan fingerprint density at radius 1 is 1.48 bits per heavy atom. The lowest BCUT2D eigenvalue weighted by atomic mass is 10.2. The minimum absolute atomic E-state index is 0.0355. The highest BCUT2D eigenvalue weighted by Crippen LogP contribution is 2.31. The maximum absolute atomic E-state index is 11.3. The van der Waals surface area contributed by atoms with Gasteiger partial charge in [-0.2, -0.15) is 5.10 Å². The summed E-state index contributed by atoms with van der Waals surface area (Å²) in [5, 5.41) is 26.5. The Morgan fingerprint density at radius 3 is 2.71 bits per heavy atom. The van der Waals surface area contributed by atoms with Crippen molar-refractivity contribution in [3.63, 3.8) is 0 Å². The van der Waals surface area contributed by atoms with E-state index in [1.807, 2.05) is 20.9 Å². The molecule has 2 aromatic rings. The van der Waals surface area contributed by atoms with Crippen molar-refractivity contribution in [3.05, 3.63) is 28.0 Å². The van der Waals surface area contributed by atoms with Crippen molar-refractivity contribution in [3.8, 4) is 0 Å². The number of hydrogen-bond donors (Lipinski definition) is 1. The fourth-order valence-corrected chi connectivity index (χ4v) is 2.28. The second-order valence-corrected chi connectivity index (χ2v) is 4.94. The van der Waals surface area contributed by atoms with Gasteiger partial charge in [0.15, 0.2) is 5.82 Å². The maximum Gasteiger partial charge on any atom is 0.334 e. The van der Waals surface area contributed by atoms with Crippen LogP contribution in [-0.4, -0.2) is 29.5 Å². The molecule has 0 aliphatic heterocycles. The molecule has 0 aliphatic carbocycles. The smallest absolute Gasteiger partial charge is 0.334 e. The largest absolute Gasteiger partial charge is 0.355 e. The maximum atomic E-state index is 11.3. The fraction of sp³-hybridized carbons (Fsp3) is 0.583. The van der Waals surface area contributed by atoms with E-state index in [1.165, 1.54) is 4.68 Å². The van der Waals surface area contributed by atoms with E-state index in [-0.39, 0.29) is 16.7 Å². The molecule has 1 N–H and O–H groups in total. The fourth-order valence-electron chi connectivity index (χ4n) is 2.28. The first kappa shape index (κ1) is 14.9. The molecule has 1 atom stereocenters. The molecule has 0 bridgehead atoms. The van der Waals surface area contributed by atoms with Crippen molar-refractivity contribution in [1.82, 2.24) is 24.5 Å². The highest BCUT2D eigenvalue weighted by Gasteiger charge is 2.27. The van der Waals surface area contributed by atoms with E-state index in [0.717, 1.165) is 6.42 Å². The standard InChI is InChI=1S/C12H19N7O2/c1-5-6-9-10(19(20)21)12(18(4)16-9)14-8(2)11-15-13-7-17(11)3/h7-8,14H,5-6H2,1-4H3. The molecular formula is C12H19N7O2. The van der Waals surface area contributed by atoms with Gasteiger partial charge in [-0.3, -0.25) is 10.1 Å². The zero-order valence-electron chi connectivity index (χ0n) is 12.6.